The first-order valence-electron chi connectivity index (χ1n) is 5.83. The van der Waals surface area contributed by atoms with E-state index < -0.39 is 0 Å². The molecule has 0 spiro atoms. The van der Waals surface area contributed by atoms with Crippen LogP contribution in [-0.2, 0) is 4.74 Å². The number of rotatable bonds is 4. The fraction of sp³-hybridized carbons (Fsp3) is 0.583. The molecule has 0 radical (unpaired) electrons. The zero-order chi connectivity index (χ0) is 11.2. The van der Waals surface area contributed by atoms with Crippen molar-refractivity contribution < 1.29 is 9.84 Å². The number of hydrogen-bond donors (Lipinski definition) is 1. The summed E-state index contributed by atoms with van der Waals surface area (Å²) >= 11 is 0. The Balaban J connectivity index is 1.95. The lowest BCUT2D eigenvalue weighted by Gasteiger charge is -2.22. The predicted molar refractivity (Wildman–Crippen MR) is 61.8 cm³/mol. The first kappa shape index (κ1) is 11.4. The van der Waals surface area contributed by atoms with Gasteiger partial charge < -0.3 is 9.84 Å². The lowest BCUT2D eigenvalue weighted by atomic mass is 10.2. The number of ether oxygens (including phenoxy) is 1. The van der Waals surface area contributed by atoms with Crippen molar-refractivity contribution in [3.8, 4) is 0 Å². The van der Waals surface area contributed by atoms with E-state index in [0.717, 1.165) is 25.0 Å². The van der Waals surface area contributed by atoms with Crippen LogP contribution in [0, 0.1) is 0 Å². The Morgan fingerprint density at radius 3 is 3.25 bits per heavy atom. The van der Waals surface area contributed by atoms with E-state index in [1.54, 1.807) is 0 Å². The van der Waals surface area contributed by atoms with Crippen LogP contribution in [0.4, 0.5) is 0 Å². The average Bonchev–Trinajstić information content (AvgIpc) is 2.79. The zero-order valence-corrected chi connectivity index (χ0v) is 9.38. The van der Waals surface area contributed by atoms with Crippen molar-refractivity contribution in [3.63, 3.8) is 0 Å². The van der Waals surface area contributed by atoms with Gasteiger partial charge in [0.2, 0.25) is 0 Å². The van der Waals surface area contributed by atoms with E-state index in [1.165, 1.54) is 6.42 Å². The van der Waals surface area contributed by atoms with Gasteiger partial charge in [0.05, 0.1) is 6.20 Å². The Morgan fingerprint density at radius 1 is 1.56 bits per heavy atom. The SMILES string of the molecule is OCCC=Cc1cnn([C@@H]2CCCCO2)c1. The Kier molecular flexibility index (Phi) is 4.13. The summed E-state index contributed by atoms with van der Waals surface area (Å²) in [5, 5.41) is 13.0. The fourth-order valence-electron chi connectivity index (χ4n) is 1.82. The van der Waals surface area contributed by atoms with Crippen molar-refractivity contribution in [2.24, 2.45) is 0 Å². The van der Waals surface area contributed by atoms with Gasteiger partial charge in [-0.05, 0) is 25.7 Å². The van der Waals surface area contributed by atoms with Crippen LogP contribution >= 0.6 is 0 Å². The molecule has 0 bridgehead atoms. The molecule has 16 heavy (non-hydrogen) atoms. The summed E-state index contributed by atoms with van der Waals surface area (Å²) in [5.41, 5.74) is 1.06. The van der Waals surface area contributed by atoms with Crippen LogP contribution in [0.15, 0.2) is 18.5 Å². The summed E-state index contributed by atoms with van der Waals surface area (Å²) in [7, 11) is 0. The minimum absolute atomic E-state index is 0.105. The lowest BCUT2D eigenvalue weighted by molar-refractivity contribution is -0.0394. The van der Waals surface area contributed by atoms with Crippen LogP contribution in [0.2, 0.25) is 0 Å². The molecule has 0 saturated carbocycles. The minimum atomic E-state index is 0.105. The van der Waals surface area contributed by atoms with E-state index in [4.69, 9.17) is 9.84 Å². The van der Waals surface area contributed by atoms with E-state index >= 15 is 0 Å². The fourth-order valence-corrected chi connectivity index (χ4v) is 1.82. The third kappa shape index (κ3) is 2.93. The van der Waals surface area contributed by atoms with Gasteiger partial charge in [-0.3, -0.25) is 0 Å². The average molecular weight is 222 g/mol. The van der Waals surface area contributed by atoms with Gasteiger partial charge in [-0.15, -0.1) is 0 Å². The van der Waals surface area contributed by atoms with Crippen molar-refractivity contribution in [2.75, 3.05) is 13.2 Å². The van der Waals surface area contributed by atoms with E-state index in [1.807, 2.05) is 29.2 Å². The van der Waals surface area contributed by atoms with Crippen molar-refractivity contribution in [2.45, 2.75) is 31.9 Å². The van der Waals surface area contributed by atoms with Gasteiger partial charge in [0.15, 0.2) is 0 Å². The molecule has 1 aliphatic rings. The maximum Gasteiger partial charge on any atom is 0.150 e. The molecule has 0 aromatic carbocycles. The molecule has 2 rings (SSSR count). The van der Waals surface area contributed by atoms with Gasteiger partial charge in [0.1, 0.15) is 6.23 Å². The van der Waals surface area contributed by atoms with Crippen LogP contribution in [0.25, 0.3) is 6.08 Å². The molecule has 1 aromatic heterocycles. The lowest BCUT2D eigenvalue weighted by Crippen LogP contribution is -2.18. The molecule has 0 amide bonds. The minimum Gasteiger partial charge on any atom is -0.396 e. The largest absolute Gasteiger partial charge is 0.396 e. The molecule has 1 fully saturated rings. The summed E-state index contributed by atoms with van der Waals surface area (Å²) in [4.78, 5) is 0. The molecule has 1 saturated heterocycles. The van der Waals surface area contributed by atoms with Crippen LogP contribution < -0.4 is 0 Å². The highest BCUT2D eigenvalue weighted by atomic mass is 16.5. The topological polar surface area (TPSA) is 47.3 Å². The highest BCUT2D eigenvalue weighted by Gasteiger charge is 2.15. The zero-order valence-electron chi connectivity index (χ0n) is 9.38. The van der Waals surface area contributed by atoms with Gasteiger partial charge in [-0.2, -0.15) is 5.10 Å². The number of aliphatic hydroxyl groups is 1. The maximum atomic E-state index is 8.66. The second kappa shape index (κ2) is 5.82. The summed E-state index contributed by atoms with van der Waals surface area (Å²) in [5.74, 6) is 0. The quantitative estimate of drug-likeness (QED) is 0.847. The Labute approximate surface area is 95.5 Å². The molecule has 88 valence electrons. The van der Waals surface area contributed by atoms with E-state index in [9.17, 15) is 0 Å². The van der Waals surface area contributed by atoms with Gasteiger partial charge in [0.25, 0.3) is 0 Å². The second-order valence-corrected chi connectivity index (χ2v) is 3.99. The van der Waals surface area contributed by atoms with Crippen molar-refractivity contribution in [3.05, 3.63) is 24.0 Å². The molecule has 1 N–H and O–H groups in total. The highest BCUT2D eigenvalue weighted by Crippen LogP contribution is 2.21. The third-order valence-electron chi connectivity index (χ3n) is 2.68. The summed E-state index contributed by atoms with van der Waals surface area (Å²) in [6.07, 6.45) is 11.9. The molecular formula is C12H18N2O2. The van der Waals surface area contributed by atoms with Gasteiger partial charge in [-0.1, -0.05) is 12.2 Å². The molecule has 1 aromatic rings. The van der Waals surface area contributed by atoms with Gasteiger partial charge in [-0.25, -0.2) is 4.68 Å². The van der Waals surface area contributed by atoms with E-state index in [0.29, 0.717) is 6.42 Å². The number of aromatic nitrogens is 2. The highest BCUT2D eigenvalue weighted by molar-refractivity contribution is 5.46. The summed E-state index contributed by atoms with van der Waals surface area (Å²) in [6.45, 7) is 1.02. The molecule has 0 unspecified atom stereocenters. The Bertz CT molecular complexity index is 341. The van der Waals surface area contributed by atoms with Crippen LogP contribution in [0.1, 0.15) is 37.5 Å². The molecule has 1 aliphatic heterocycles. The van der Waals surface area contributed by atoms with Crippen LogP contribution in [0.3, 0.4) is 0 Å². The monoisotopic (exact) mass is 222 g/mol. The van der Waals surface area contributed by atoms with Crippen molar-refractivity contribution in [1.29, 1.82) is 0 Å². The predicted octanol–water partition coefficient (Wildman–Crippen LogP) is 1.98. The number of hydrogen-bond acceptors (Lipinski definition) is 3. The van der Waals surface area contributed by atoms with Crippen molar-refractivity contribution >= 4 is 6.08 Å². The summed E-state index contributed by atoms with van der Waals surface area (Å²) in [6, 6.07) is 0. The smallest absolute Gasteiger partial charge is 0.150 e. The molecular weight excluding hydrogens is 204 g/mol. The molecule has 2 heterocycles. The van der Waals surface area contributed by atoms with Gasteiger partial charge >= 0.3 is 0 Å². The van der Waals surface area contributed by atoms with E-state index in [2.05, 4.69) is 5.10 Å². The van der Waals surface area contributed by atoms with Crippen molar-refractivity contribution in [1.82, 2.24) is 9.78 Å². The molecule has 0 aliphatic carbocycles. The van der Waals surface area contributed by atoms with Gasteiger partial charge in [0, 0.05) is 25.0 Å². The molecule has 1 atom stereocenters. The Hall–Kier alpha value is -1.13. The maximum absolute atomic E-state index is 8.66. The second-order valence-electron chi connectivity index (χ2n) is 3.99. The normalized spacial score (nSPS) is 21.7. The number of aliphatic hydroxyl groups excluding tert-OH is 1. The molecule has 4 nitrogen and oxygen atoms in total. The number of nitrogens with zero attached hydrogens (tertiary/aromatic N) is 2. The first-order chi connectivity index (χ1) is 7.90. The first-order valence-corrected chi connectivity index (χ1v) is 5.83. The van der Waals surface area contributed by atoms with Crippen LogP contribution in [-0.4, -0.2) is 28.1 Å². The van der Waals surface area contributed by atoms with E-state index in [-0.39, 0.29) is 12.8 Å². The standard InChI is InChI=1S/C12H18N2O2/c15-7-3-1-5-11-9-13-14(10-11)12-6-2-4-8-16-12/h1,5,9-10,12,15H,2-4,6-8H2/t12-/m0/s1. The molecule has 4 heteroatoms. The summed E-state index contributed by atoms with van der Waals surface area (Å²) < 4.78 is 7.53. The van der Waals surface area contributed by atoms with Crippen LogP contribution in [0.5, 0.6) is 0 Å². The third-order valence-corrected chi connectivity index (χ3v) is 2.68. The Morgan fingerprint density at radius 2 is 2.50 bits per heavy atom.